The fraction of sp³-hybridized carbons (Fsp3) is 0.250. The third-order valence-electron chi connectivity index (χ3n) is 4.39. The second kappa shape index (κ2) is 8.44. The van der Waals surface area contributed by atoms with Crippen LogP contribution in [0, 0.1) is 0 Å². The second-order valence-corrected chi connectivity index (χ2v) is 8.49. The number of nitrogens with zero attached hydrogens (tertiary/aromatic N) is 2. The van der Waals surface area contributed by atoms with Crippen LogP contribution in [0.5, 0.6) is 0 Å². The summed E-state index contributed by atoms with van der Waals surface area (Å²) < 4.78 is 25.4. The fourth-order valence-corrected chi connectivity index (χ4v) is 3.70. The Bertz CT molecular complexity index is 1050. The lowest BCUT2D eigenvalue weighted by Gasteiger charge is -2.22. The number of rotatable bonds is 7. The normalized spacial score (nSPS) is 16.4. The molecule has 1 N–H and O–H groups in total. The number of carboxylic acid groups (broad SMARTS) is 1. The van der Waals surface area contributed by atoms with Gasteiger partial charge in [0, 0.05) is 24.5 Å². The number of carboxylic acids is 1. The zero-order chi connectivity index (χ0) is 21.0. The van der Waals surface area contributed by atoms with Gasteiger partial charge in [0.2, 0.25) is 15.9 Å². The highest BCUT2D eigenvalue weighted by molar-refractivity contribution is 7.92. The molecule has 1 aliphatic rings. The third-order valence-corrected chi connectivity index (χ3v) is 5.00. The minimum Gasteiger partial charge on any atom is -0.550 e. The van der Waals surface area contributed by atoms with Crippen molar-refractivity contribution in [2.75, 3.05) is 11.0 Å². The van der Waals surface area contributed by atoms with E-state index in [0.717, 1.165) is 11.8 Å². The topological polar surface area (TPSA) is 119 Å². The summed E-state index contributed by atoms with van der Waals surface area (Å²) in [5, 5.41) is 16.5. The number of hydrazone groups is 1. The Labute approximate surface area is 168 Å². The number of nitrogens with one attached hydrogen (secondary N) is 1. The molecular weight excluding hydrogens is 394 g/mol. The number of sulfonamides is 1. The summed E-state index contributed by atoms with van der Waals surface area (Å²) >= 11 is 0. The molecule has 0 fully saturated rings. The standard InChI is InChI=1S/C20H21N3O5S/c1-29(27,28)22-16-9-5-8-15(12-16)17-13-18(14-6-3-2-4-7-14)23(21-17)19(24)10-11-20(25)26/h2-9,12,18,22H,10-11,13H2,1H3,(H,25,26)/p-1/t18-/m0/s1. The van der Waals surface area contributed by atoms with Crippen LogP contribution in [-0.2, 0) is 19.6 Å². The fourth-order valence-electron chi connectivity index (χ4n) is 3.15. The maximum Gasteiger partial charge on any atom is 0.243 e. The van der Waals surface area contributed by atoms with E-state index in [1.807, 2.05) is 30.3 Å². The molecule has 9 heteroatoms. The van der Waals surface area contributed by atoms with E-state index < -0.39 is 21.9 Å². The van der Waals surface area contributed by atoms with Crippen molar-refractivity contribution in [3.8, 4) is 0 Å². The Kier molecular flexibility index (Phi) is 5.97. The molecule has 1 aliphatic heterocycles. The summed E-state index contributed by atoms with van der Waals surface area (Å²) in [6, 6.07) is 15.7. The number of benzene rings is 2. The van der Waals surface area contributed by atoms with Crippen LogP contribution in [0.2, 0.25) is 0 Å². The molecule has 0 aromatic heterocycles. The summed E-state index contributed by atoms with van der Waals surface area (Å²) in [6.45, 7) is 0. The van der Waals surface area contributed by atoms with Gasteiger partial charge in [-0.05, 0) is 29.7 Å². The van der Waals surface area contributed by atoms with Crippen LogP contribution in [-0.4, -0.2) is 37.3 Å². The van der Waals surface area contributed by atoms with Crippen LogP contribution in [0.15, 0.2) is 59.7 Å². The minimum absolute atomic E-state index is 0.210. The number of anilines is 1. The van der Waals surface area contributed by atoms with Crippen LogP contribution in [0.4, 0.5) is 5.69 Å². The molecule has 1 atom stereocenters. The Morgan fingerprint density at radius 3 is 2.52 bits per heavy atom. The molecule has 0 saturated carbocycles. The van der Waals surface area contributed by atoms with Crippen molar-refractivity contribution in [1.82, 2.24) is 5.01 Å². The lowest BCUT2D eigenvalue weighted by Crippen LogP contribution is -2.29. The molecule has 0 radical (unpaired) electrons. The summed E-state index contributed by atoms with van der Waals surface area (Å²) in [5.41, 5.74) is 2.55. The van der Waals surface area contributed by atoms with Crippen LogP contribution in [0.1, 0.15) is 36.4 Å². The lowest BCUT2D eigenvalue weighted by atomic mass is 9.98. The van der Waals surface area contributed by atoms with E-state index in [1.165, 1.54) is 5.01 Å². The molecule has 0 aliphatic carbocycles. The maximum atomic E-state index is 12.6. The van der Waals surface area contributed by atoms with Gasteiger partial charge in [-0.2, -0.15) is 5.10 Å². The Morgan fingerprint density at radius 2 is 1.86 bits per heavy atom. The van der Waals surface area contributed by atoms with E-state index in [2.05, 4.69) is 9.82 Å². The Balaban J connectivity index is 1.91. The number of aliphatic carboxylic acids is 1. The highest BCUT2D eigenvalue weighted by Crippen LogP contribution is 2.33. The molecule has 0 bridgehead atoms. The van der Waals surface area contributed by atoms with E-state index in [9.17, 15) is 23.1 Å². The lowest BCUT2D eigenvalue weighted by molar-refractivity contribution is -0.305. The van der Waals surface area contributed by atoms with E-state index in [1.54, 1.807) is 24.3 Å². The second-order valence-electron chi connectivity index (χ2n) is 6.74. The van der Waals surface area contributed by atoms with Crippen LogP contribution < -0.4 is 9.83 Å². The summed E-state index contributed by atoms with van der Waals surface area (Å²) in [6.07, 6.45) is 0.896. The third kappa shape index (κ3) is 5.41. The Hall–Kier alpha value is -3.20. The molecule has 1 amide bonds. The SMILES string of the molecule is CS(=O)(=O)Nc1cccc(C2=NN(C(=O)CCC(=O)[O-])[C@H](c3ccccc3)C2)c1. The van der Waals surface area contributed by atoms with Crippen molar-refractivity contribution >= 4 is 33.3 Å². The zero-order valence-electron chi connectivity index (χ0n) is 15.7. The van der Waals surface area contributed by atoms with Crippen molar-refractivity contribution in [3.63, 3.8) is 0 Å². The Morgan fingerprint density at radius 1 is 1.14 bits per heavy atom. The maximum absolute atomic E-state index is 12.6. The molecule has 3 rings (SSSR count). The van der Waals surface area contributed by atoms with Gasteiger partial charge in [-0.1, -0.05) is 42.5 Å². The van der Waals surface area contributed by atoms with Crippen LogP contribution in [0.25, 0.3) is 0 Å². The smallest absolute Gasteiger partial charge is 0.243 e. The van der Waals surface area contributed by atoms with Gasteiger partial charge in [-0.15, -0.1) is 0 Å². The molecule has 2 aromatic rings. The number of hydrogen-bond donors (Lipinski definition) is 1. The molecule has 0 unspecified atom stereocenters. The molecule has 0 saturated heterocycles. The number of carbonyl (C=O) groups excluding carboxylic acids is 2. The van der Waals surface area contributed by atoms with Crippen molar-refractivity contribution in [3.05, 3.63) is 65.7 Å². The van der Waals surface area contributed by atoms with Gasteiger partial charge < -0.3 is 9.90 Å². The first-order chi connectivity index (χ1) is 13.7. The summed E-state index contributed by atoms with van der Waals surface area (Å²) in [7, 11) is -3.43. The predicted molar refractivity (Wildman–Crippen MR) is 106 cm³/mol. The van der Waals surface area contributed by atoms with Crippen molar-refractivity contribution < 1.29 is 23.1 Å². The predicted octanol–water partition coefficient (Wildman–Crippen LogP) is 1.27. The van der Waals surface area contributed by atoms with Gasteiger partial charge >= 0.3 is 0 Å². The zero-order valence-corrected chi connectivity index (χ0v) is 16.6. The summed E-state index contributed by atoms with van der Waals surface area (Å²) in [5.74, 6) is -1.71. The van der Waals surface area contributed by atoms with Crippen molar-refractivity contribution in [1.29, 1.82) is 0 Å². The number of carbonyl (C=O) groups is 2. The van der Waals surface area contributed by atoms with Crippen LogP contribution in [0.3, 0.4) is 0 Å². The molecule has 29 heavy (non-hydrogen) atoms. The van der Waals surface area contributed by atoms with Crippen molar-refractivity contribution in [2.24, 2.45) is 5.10 Å². The molecule has 0 spiro atoms. The van der Waals surface area contributed by atoms with E-state index in [4.69, 9.17) is 0 Å². The average Bonchev–Trinajstić information content (AvgIpc) is 3.11. The first-order valence-corrected chi connectivity index (χ1v) is 10.8. The largest absolute Gasteiger partial charge is 0.550 e. The first-order valence-electron chi connectivity index (χ1n) is 8.95. The molecule has 8 nitrogen and oxygen atoms in total. The van der Waals surface area contributed by atoms with Crippen LogP contribution >= 0.6 is 0 Å². The number of hydrogen-bond acceptors (Lipinski definition) is 6. The van der Waals surface area contributed by atoms with E-state index >= 15 is 0 Å². The van der Waals surface area contributed by atoms with Crippen molar-refractivity contribution in [2.45, 2.75) is 25.3 Å². The van der Waals surface area contributed by atoms with Gasteiger partial charge in [0.1, 0.15) is 0 Å². The molecular formula is C20H20N3O5S-. The molecule has 2 aromatic carbocycles. The van der Waals surface area contributed by atoms with Gasteiger partial charge in [0.25, 0.3) is 0 Å². The summed E-state index contributed by atoms with van der Waals surface area (Å²) in [4.78, 5) is 23.3. The molecule has 1 heterocycles. The molecule has 152 valence electrons. The average molecular weight is 414 g/mol. The van der Waals surface area contributed by atoms with Gasteiger partial charge in [-0.25, -0.2) is 13.4 Å². The van der Waals surface area contributed by atoms with Gasteiger partial charge in [0.15, 0.2) is 0 Å². The van der Waals surface area contributed by atoms with Gasteiger partial charge in [-0.3, -0.25) is 9.52 Å². The number of amides is 1. The first kappa shape index (κ1) is 20.5. The van der Waals surface area contributed by atoms with Gasteiger partial charge in [0.05, 0.1) is 18.0 Å². The van der Waals surface area contributed by atoms with E-state index in [-0.39, 0.29) is 18.9 Å². The van der Waals surface area contributed by atoms with E-state index in [0.29, 0.717) is 23.4 Å². The minimum atomic E-state index is -3.43. The monoisotopic (exact) mass is 414 g/mol. The quantitative estimate of drug-likeness (QED) is 0.732. The highest BCUT2D eigenvalue weighted by atomic mass is 32.2. The highest BCUT2D eigenvalue weighted by Gasteiger charge is 2.32.